The van der Waals surface area contributed by atoms with Crippen LogP contribution in [0.4, 0.5) is 0 Å². The van der Waals surface area contributed by atoms with E-state index in [1.54, 1.807) is 0 Å². The quantitative estimate of drug-likeness (QED) is 0.879. The summed E-state index contributed by atoms with van der Waals surface area (Å²) in [6.07, 6.45) is 2.74. The lowest BCUT2D eigenvalue weighted by Gasteiger charge is -2.37. The van der Waals surface area contributed by atoms with Crippen LogP contribution in [0.25, 0.3) is 0 Å². The van der Waals surface area contributed by atoms with Gasteiger partial charge in [-0.3, -0.25) is 9.80 Å². The van der Waals surface area contributed by atoms with E-state index in [0.717, 1.165) is 30.5 Å². The minimum Gasteiger partial charge on any atom is -0.492 e. The Morgan fingerprint density at radius 2 is 2.10 bits per heavy atom. The van der Waals surface area contributed by atoms with E-state index in [4.69, 9.17) is 10.5 Å². The molecule has 1 unspecified atom stereocenters. The van der Waals surface area contributed by atoms with Crippen molar-refractivity contribution in [3.63, 3.8) is 0 Å². The number of fused-ring (bicyclic) bond motifs is 1. The summed E-state index contributed by atoms with van der Waals surface area (Å²) in [6, 6.07) is 8.85. The van der Waals surface area contributed by atoms with Crippen LogP contribution in [-0.2, 0) is 6.54 Å². The first kappa shape index (κ1) is 13.9. The molecule has 110 valence electrons. The molecule has 0 saturated carbocycles. The molecule has 2 fully saturated rings. The minimum atomic E-state index is 0.539. The second-order valence-corrected chi connectivity index (χ2v) is 5.79. The molecular weight excluding hydrogens is 250 g/mol. The van der Waals surface area contributed by atoms with Gasteiger partial charge in [0.25, 0.3) is 0 Å². The fraction of sp³-hybridized carbons (Fsp3) is 0.625. The van der Waals surface area contributed by atoms with Gasteiger partial charge in [0, 0.05) is 44.3 Å². The maximum atomic E-state index is 5.91. The van der Waals surface area contributed by atoms with Gasteiger partial charge in [0.05, 0.1) is 0 Å². The van der Waals surface area contributed by atoms with Crippen LogP contribution in [0.15, 0.2) is 24.3 Å². The molecule has 0 spiro atoms. The van der Waals surface area contributed by atoms with E-state index < -0.39 is 0 Å². The summed E-state index contributed by atoms with van der Waals surface area (Å²) < 4.78 is 5.91. The second kappa shape index (κ2) is 6.57. The van der Waals surface area contributed by atoms with E-state index in [9.17, 15) is 0 Å². The third-order valence-electron chi connectivity index (χ3n) is 4.53. The van der Waals surface area contributed by atoms with Gasteiger partial charge in [0.1, 0.15) is 12.4 Å². The van der Waals surface area contributed by atoms with Crippen molar-refractivity contribution < 1.29 is 4.74 Å². The average molecular weight is 275 g/mol. The Hall–Kier alpha value is -1.10. The number of rotatable bonds is 5. The Morgan fingerprint density at radius 1 is 1.20 bits per heavy atom. The summed E-state index contributed by atoms with van der Waals surface area (Å²) in [7, 11) is 0. The highest BCUT2D eigenvalue weighted by atomic mass is 16.5. The van der Waals surface area contributed by atoms with Gasteiger partial charge in [0.15, 0.2) is 0 Å². The van der Waals surface area contributed by atoms with E-state index >= 15 is 0 Å². The summed E-state index contributed by atoms with van der Waals surface area (Å²) in [4.78, 5) is 5.18. The van der Waals surface area contributed by atoms with E-state index in [2.05, 4.69) is 9.80 Å². The third-order valence-corrected chi connectivity index (χ3v) is 4.53. The summed E-state index contributed by atoms with van der Waals surface area (Å²) in [5, 5.41) is 0. The van der Waals surface area contributed by atoms with Gasteiger partial charge in [0.2, 0.25) is 0 Å². The molecule has 2 N–H and O–H groups in total. The third kappa shape index (κ3) is 3.14. The van der Waals surface area contributed by atoms with Gasteiger partial charge in [-0.1, -0.05) is 18.2 Å². The monoisotopic (exact) mass is 275 g/mol. The van der Waals surface area contributed by atoms with Gasteiger partial charge >= 0.3 is 0 Å². The van der Waals surface area contributed by atoms with Gasteiger partial charge < -0.3 is 10.5 Å². The van der Waals surface area contributed by atoms with Crippen LogP contribution < -0.4 is 10.5 Å². The molecule has 0 radical (unpaired) electrons. The molecule has 4 heteroatoms. The first-order chi connectivity index (χ1) is 9.86. The fourth-order valence-corrected chi connectivity index (χ4v) is 3.36. The average Bonchev–Trinajstić information content (AvgIpc) is 2.95. The standard InChI is InChI=1S/C16H25N3O/c17-12-14-4-1-2-6-16(14)20-11-10-18-8-9-19-7-3-5-15(19)13-18/h1-2,4,6,15H,3,5,7-13,17H2. The van der Waals surface area contributed by atoms with Crippen LogP contribution in [0.3, 0.4) is 0 Å². The lowest BCUT2D eigenvalue weighted by atomic mass is 10.1. The molecular formula is C16H25N3O. The molecule has 2 saturated heterocycles. The van der Waals surface area contributed by atoms with Gasteiger partial charge in [-0.15, -0.1) is 0 Å². The Kier molecular flexibility index (Phi) is 4.55. The Balaban J connectivity index is 1.45. The highest BCUT2D eigenvalue weighted by Crippen LogP contribution is 2.21. The van der Waals surface area contributed by atoms with Crippen molar-refractivity contribution in [2.75, 3.05) is 39.3 Å². The van der Waals surface area contributed by atoms with Crippen molar-refractivity contribution in [3.05, 3.63) is 29.8 Å². The van der Waals surface area contributed by atoms with Crippen molar-refractivity contribution in [1.29, 1.82) is 0 Å². The summed E-state index contributed by atoms with van der Waals surface area (Å²) in [6.45, 7) is 7.23. The molecule has 1 aromatic carbocycles. The van der Waals surface area contributed by atoms with Crippen molar-refractivity contribution in [2.24, 2.45) is 5.73 Å². The SMILES string of the molecule is NCc1ccccc1OCCN1CCN2CCCC2C1. The molecule has 1 atom stereocenters. The Bertz CT molecular complexity index is 437. The normalized spacial score (nSPS) is 23.8. The fourth-order valence-electron chi connectivity index (χ4n) is 3.36. The van der Waals surface area contributed by atoms with Gasteiger partial charge in [-0.25, -0.2) is 0 Å². The number of hydrogen-bond donors (Lipinski definition) is 1. The largest absolute Gasteiger partial charge is 0.492 e. The van der Waals surface area contributed by atoms with Crippen molar-refractivity contribution in [2.45, 2.75) is 25.4 Å². The molecule has 20 heavy (non-hydrogen) atoms. The number of benzene rings is 1. The zero-order chi connectivity index (χ0) is 13.8. The molecule has 4 nitrogen and oxygen atoms in total. The number of piperazine rings is 1. The smallest absolute Gasteiger partial charge is 0.123 e. The molecule has 0 bridgehead atoms. The number of hydrogen-bond acceptors (Lipinski definition) is 4. The topological polar surface area (TPSA) is 41.7 Å². The minimum absolute atomic E-state index is 0.539. The first-order valence-electron chi connectivity index (χ1n) is 7.74. The molecule has 2 aliphatic rings. The molecule has 0 aromatic heterocycles. The summed E-state index contributed by atoms with van der Waals surface area (Å²) in [5.74, 6) is 0.939. The van der Waals surface area contributed by atoms with Crippen LogP contribution in [0.1, 0.15) is 18.4 Å². The van der Waals surface area contributed by atoms with Crippen molar-refractivity contribution in [3.8, 4) is 5.75 Å². The van der Waals surface area contributed by atoms with E-state index in [-0.39, 0.29) is 0 Å². The predicted molar refractivity (Wildman–Crippen MR) is 80.9 cm³/mol. The first-order valence-corrected chi connectivity index (χ1v) is 7.74. The van der Waals surface area contributed by atoms with Crippen LogP contribution in [-0.4, -0.2) is 55.2 Å². The van der Waals surface area contributed by atoms with Crippen molar-refractivity contribution >= 4 is 0 Å². The van der Waals surface area contributed by atoms with Gasteiger partial charge in [-0.2, -0.15) is 0 Å². The van der Waals surface area contributed by atoms with Crippen molar-refractivity contribution in [1.82, 2.24) is 9.80 Å². The maximum absolute atomic E-state index is 5.91. The highest BCUT2D eigenvalue weighted by molar-refractivity contribution is 5.32. The van der Waals surface area contributed by atoms with Gasteiger partial charge in [-0.05, 0) is 25.5 Å². The van der Waals surface area contributed by atoms with E-state index in [1.807, 2.05) is 24.3 Å². The zero-order valence-electron chi connectivity index (χ0n) is 12.1. The number of ether oxygens (including phenoxy) is 1. The number of nitrogens with zero attached hydrogens (tertiary/aromatic N) is 2. The van der Waals surface area contributed by atoms with Crippen LogP contribution >= 0.6 is 0 Å². The Labute approximate surface area is 121 Å². The van der Waals surface area contributed by atoms with Crippen LogP contribution in [0, 0.1) is 0 Å². The Morgan fingerprint density at radius 3 is 3.00 bits per heavy atom. The number of para-hydroxylation sites is 1. The lowest BCUT2D eigenvalue weighted by molar-refractivity contribution is 0.0921. The zero-order valence-corrected chi connectivity index (χ0v) is 12.1. The van der Waals surface area contributed by atoms with Crippen LogP contribution in [0.2, 0.25) is 0 Å². The highest BCUT2D eigenvalue weighted by Gasteiger charge is 2.30. The second-order valence-electron chi connectivity index (χ2n) is 5.79. The molecule has 2 heterocycles. The molecule has 3 rings (SSSR count). The molecule has 2 aliphatic heterocycles. The molecule has 0 amide bonds. The molecule has 1 aromatic rings. The van der Waals surface area contributed by atoms with E-state index in [1.165, 1.54) is 39.0 Å². The summed E-state index contributed by atoms with van der Waals surface area (Å²) in [5.41, 5.74) is 6.82. The summed E-state index contributed by atoms with van der Waals surface area (Å²) >= 11 is 0. The predicted octanol–water partition coefficient (Wildman–Crippen LogP) is 1.30. The lowest BCUT2D eigenvalue weighted by Crippen LogP contribution is -2.50. The van der Waals surface area contributed by atoms with E-state index in [0.29, 0.717) is 6.54 Å². The van der Waals surface area contributed by atoms with Crippen LogP contribution in [0.5, 0.6) is 5.75 Å². The molecule has 0 aliphatic carbocycles. The maximum Gasteiger partial charge on any atom is 0.123 e. The number of nitrogens with two attached hydrogens (primary N) is 1.